The third-order valence-electron chi connectivity index (χ3n) is 5.11. The Hall–Kier alpha value is -3.60. The zero-order valence-corrected chi connectivity index (χ0v) is 18.2. The molecule has 0 heterocycles. The molecule has 0 aliphatic carbocycles. The number of hydrogen-bond donors (Lipinski definition) is 1. The highest BCUT2D eigenvalue weighted by Crippen LogP contribution is 2.22. The molecule has 0 aliphatic heterocycles. The Kier molecular flexibility index (Phi) is 7.44. The van der Waals surface area contributed by atoms with Crippen LogP contribution in [0.3, 0.4) is 0 Å². The molecule has 0 aliphatic rings. The number of carbonyl (C=O) groups is 2. The number of rotatable bonds is 8. The standard InChI is InChI=1S/C26H28N2O3/c1-19-10-9-11-20(2)26(19)27-24(29)17-28(3)25(30)18-31-23-15-8-7-14-22(23)16-21-12-5-4-6-13-21/h4-15H,16-18H2,1-3H3,(H,27,29). The molecule has 160 valence electrons. The monoisotopic (exact) mass is 416 g/mol. The van der Waals surface area contributed by atoms with Crippen molar-refractivity contribution in [2.45, 2.75) is 20.3 Å². The topological polar surface area (TPSA) is 58.6 Å². The molecule has 3 aromatic rings. The lowest BCUT2D eigenvalue weighted by molar-refractivity contribution is -0.135. The molecule has 2 amide bonds. The fourth-order valence-electron chi connectivity index (χ4n) is 3.35. The highest BCUT2D eigenvalue weighted by Gasteiger charge is 2.16. The molecule has 0 fully saturated rings. The maximum Gasteiger partial charge on any atom is 0.260 e. The molecule has 0 radical (unpaired) electrons. The fourth-order valence-corrected chi connectivity index (χ4v) is 3.35. The van der Waals surface area contributed by atoms with Gasteiger partial charge in [-0.1, -0.05) is 66.7 Å². The van der Waals surface area contributed by atoms with Crippen LogP contribution in [0.5, 0.6) is 5.75 Å². The number of aryl methyl sites for hydroxylation is 2. The quantitative estimate of drug-likeness (QED) is 0.593. The Labute approximate surface area is 183 Å². The van der Waals surface area contributed by atoms with Crippen LogP contribution < -0.4 is 10.1 Å². The van der Waals surface area contributed by atoms with Gasteiger partial charge in [0.25, 0.3) is 5.91 Å². The lowest BCUT2D eigenvalue weighted by atomic mass is 10.0. The largest absolute Gasteiger partial charge is 0.483 e. The van der Waals surface area contributed by atoms with E-state index in [1.165, 1.54) is 10.5 Å². The average molecular weight is 417 g/mol. The van der Waals surface area contributed by atoms with Crippen LogP contribution in [0.15, 0.2) is 72.8 Å². The van der Waals surface area contributed by atoms with Gasteiger partial charge in [-0.2, -0.15) is 0 Å². The van der Waals surface area contributed by atoms with Crippen molar-refractivity contribution in [3.8, 4) is 5.75 Å². The first-order chi connectivity index (χ1) is 14.9. The van der Waals surface area contributed by atoms with Gasteiger partial charge in [0, 0.05) is 19.2 Å². The van der Waals surface area contributed by atoms with Gasteiger partial charge in [-0.3, -0.25) is 9.59 Å². The minimum Gasteiger partial charge on any atom is -0.483 e. The highest BCUT2D eigenvalue weighted by atomic mass is 16.5. The summed E-state index contributed by atoms with van der Waals surface area (Å²) in [6.07, 6.45) is 0.721. The first-order valence-corrected chi connectivity index (χ1v) is 10.3. The first-order valence-electron chi connectivity index (χ1n) is 10.3. The zero-order chi connectivity index (χ0) is 22.2. The van der Waals surface area contributed by atoms with Gasteiger partial charge in [0.2, 0.25) is 5.91 Å². The zero-order valence-electron chi connectivity index (χ0n) is 18.2. The first kappa shape index (κ1) is 22.1. The van der Waals surface area contributed by atoms with Gasteiger partial charge in [0.15, 0.2) is 6.61 Å². The Morgan fingerprint density at radius 1 is 0.871 bits per heavy atom. The second-order valence-corrected chi connectivity index (χ2v) is 7.62. The van der Waals surface area contributed by atoms with Crippen molar-refractivity contribution in [3.63, 3.8) is 0 Å². The number of anilines is 1. The molecule has 3 rings (SSSR count). The predicted molar refractivity (Wildman–Crippen MR) is 123 cm³/mol. The predicted octanol–water partition coefficient (Wildman–Crippen LogP) is 4.37. The summed E-state index contributed by atoms with van der Waals surface area (Å²) in [6, 6.07) is 23.6. The van der Waals surface area contributed by atoms with Crippen molar-refractivity contribution >= 4 is 17.5 Å². The molecule has 31 heavy (non-hydrogen) atoms. The summed E-state index contributed by atoms with van der Waals surface area (Å²) in [5.74, 6) is 0.178. The molecule has 1 N–H and O–H groups in total. The lowest BCUT2D eigenvalue weighted by Gasteiger charge is -2.19. The summed E-state index contributed by atoms with van der Waals surface area (Å²) in [6.45, 7) is 3.72. The van der Waals surface area contributed by atoms with E-state index in [9.17, 15) is 9.59 Å². The van der Waals surface area contributed by atoms with Gasteiger partial charge in [0.1, 0.15) is 5.75 Å². The summed E-state index contributed by atoms with van der Waals surface area (Å²) in [4.78, 5) is 26.3. The van der Waals surface area contributed by atoms with Crippen LogP contribution in [0.4, 0.5) is 5.69 Å². The molecule has 5 heteroatoms. The summed E-state index contributed by atoms with van der Waals surface area (Å²) in [7, 11) is 1.60. The van der Waals surface area contributed by atoms with E-state index in [1.807, 2.05) is 74.5 Å². The highest BCUT2D eigenvalue weighted by molar-refractivity contribution is 5.95. The van der Waals surface area contributed by atoms with Crippen molar-refractivity contribution in [1.29, 1.82) is 0 Å². The maximum absolute atomic E-state index is 12.5. The van der Waals surface area contributed by atoms with Gasteiger partial charge in [0.05, 0.1) is 6.54 Å². The third-order valence-corrected chi connectivity index (χ3v) is 5.11. The summed E-state index contributed by atoms with van der Waals surface area (Å²) >= 11 is 0. The maximum atomic E-state index is 12.5. The van der Waals surface area contributed by atoms with Crippen LogP contribution in [-0.2, 0) is 16.0 Å². The molecule has 0 unspecified atom stereocenters. The average Bonchev–Trinajstić information content (AvgIpc) is 2.76. The van der Waals surface area contributed by atoms with E-state index in [4.69, 9.17) is 4.74 Å². The van der Waals surface area contributed by atoms with E-state index in [2.05, 4.69) is 17.4 Å². The number of amides is 2. The molecule has 0 saturated heterocycles. The smallest absolute Gasteiger partial charge is 0.260 e. The lowest BCUT2D eigenvalue weighted by Crippen LogP contribution is -2.37. The van der Waals surface area contributed by atoms with Crippen LogP contribution in [0.25, 0.3) is 0 Å². The second kappa shape index (κ2) is 10.4. The van der Waals surface area contributed by atoms with E-state index in [-0.39, 0.29) is 25.0 Å². The van der Waals surface area contributed by atoms with Crippen molar-refractivity contribution in [2.75, 3.05) is 25.5 Å². The van der Waals surface area contributed by atoms with Gasteiger partial charge < -0.3 is 15.0 Å². The SMILES string of the molecule is Cc1cccc(C)c1NC(=O)CN(C)C(=O)COc1ccccc1Cc1ccccc1. The summed E-state index contributed by atoms with van der Waals surface area (Å²) in [5.41, 5.74) is 4.95. The van der Waals surface area contributed by atoms with Gasteiger partial charge >= 0.3 is 0 Å². The van der Waals surface area contributed by atoms with E-state index in [0.29, 0.717) is 5.75 Å². The number of benzene rings is 3. The number of nitrogens with one attached hydrogen (secondary N) is 1. The van der Waals surface area contributed by atoms with Gasteiger partial charge in [-0.05, 0) is 42.2 Å². The van der Waals surface area contributed by atoms with Crippen molar-refractivity contribution in [2.24, 2.45) is 0 Å². The Morgan fingerprint density at radius 3 is 2.23 bits per heavy atom. The molecule has 0 saturated carbocycles. The number of para-hydroxylation sites is 2. The molecule has 0 aromatic heterocycles. The number of ether oxygens (including phenoxy) is 1. The Balaban J connectivity index is 1.55. The van der Waals surface area contributed by atoms with Gasteiger partial charge in [-0.25, -0.2) is 0 Å². The molecule has 3 aromatic carbocycles. The molecule has 0 atom stereocenters. The molecule has 5 nitrogen and oxygen atoms in total. The van der Waals surface area contributed by atoms with Crippen LogP contribution in [-0.4, -0.2) is 36.9 Å². The normalized spacial score (nSPS) is 10.4. The minimum absolute atomic E-state index is 0.0400. The van der Waals surface area contributed by atoms with Crippen LogP contribution in [0.2, 0.25) is 0 Å². The molecule has 0 spiro atoms. The van der Waals surface area contributed by atoms with Crippen molar-refractivity contribution < 1.29 is 14.3 Å². The Bertz CT molecular complexity index is 1030. The van der Waals surface area contributed by atoms with Crippen LogP contribution in [0.1, 0.15) is 22.3 Å². The summed E-state index contributed by atoms with van der Waals surface area (Å²) in [5, 5.41) is 2.90. The fraction of sp³-hybridized carbons (Fsp3) is 0.231. The van der Waals surface area contributed by atoms with Crippen molar-refractivity contribution in [1.82, 2.24) is 4.90 Å². The van der Waals surface area contributed by atoms with Crippen molar-refractivity contribution in [3.05, 3.63) is 95.1 Å². The molecule has 0 bridgehead atoms. The minimum atomic E-state index is -0.258. The number of nitrogens with zero attached hydrogens (tertiary/aromatic N) is 1. The Morgan fingerprint density at radius 2 is 1.52 bits per heavy atom. The number of carbonyl (C=O) groups excluding carboxylic acids is 2. The third kappa shape index (κ3) is 6.19. The van der Waals surface area contributed by atoms with E-state index < -0.39 is 0 Å². The van der Waals surface area contributed by atoms with Gasteiger partial charge in [-0.15, -0.1) is 0 Å². The number of likely N-dealkylation sites (N-methyl/N-ethyl adjacent to an activating group) is 1. The van der Waals surface area contributed by atoms with E-state index >= 15 is 0 Å². The molecular weight excluding hydrogens is 388 g/mol. The van der Waals surface area contributed by atoms with Crippen LogP contribution >= 0.6 is 0 Å². The second-order valence-electron chi connectivity index (χ2n) is 7.62. The number of hydrogen-bond acceptors (Lipinski definition) is 3. The van der Waals surface area contributed by atoms with E-state index in [0.717, 1.165) is 28.8 Å². The summed E-state index contributed by atoms with van der Waals surface area (Å²) < 4.78 is 5.81. The van der Waals surface area contributed by atoms with Crippen LogP contribution in [0, 0.1) is 13.8 Å². The molecular formula is C26H28N2O3. The van der Waals surface area contributed by atoms with E-state index in [1.54, 1.807) is 7.05 Å².